The highest BCUT2D eigenvalue weighted by Gasteiger charge is 2.30. The molecule has 2 rings (SSSR count). The van der Waals surface area contributed by atoms with E-state index in [0.29, 0.717) is 17.3 Å². The number of anilines is 1. The number of benzene rings is 1. The van der Waals surface area contributed by atoms with Crippen molar-refractivity contribution in [2.75, 3.05) is 26.0 Å². The van der Waals surface area contributed by atoms with Gasteiger partial charge in [-0.05, 0) is 41.9 Å². The summed E-state index contributed by atoms with van der Waals surface area (Å²) in [5.74, 6) is 0. The molecule has 0 unspecified atom stereocenters. The number of thiocarbonyl (C=S) groups is 1. The molecule has 3 N–H and O–H groups in total. The Bertz CT molecular complexity index is 669. The zero-order valence-corrected chi connectivity index (χ0v) is 14.9. The summed E-state index contributed by atoms with van der Waals surface area (Å²) >= 11 is 6.87. The smallest absolute Gasteiger partial charge is 0.356 e. The molecule has 3 nitrogen and oxygen atoms in total. The van der Waals surface area contributed by atoms with E-state index < -0.39 is 11.7 Å². The molecule has 0 spiro atoms. The molecule has 0 aliphatic heterocycles. The number of hydrogen-bond acceptors (Lipinski definition) is 2. The first-order chi connectivity index (χ1) is 11.3. The third-order valence-electron chi connectivity index (χ3n) is 3.50. The van der Waals surface area contributed by atoms with Gasteiger partial charge in [-0.25, -0.2) is 0 Å². The molecule has 8 heteroatoms. The van der Waals surface area contributed by atoms with Crippen LogP contribution >= 0.6 is 23.6 Å². The molecular weight excluding hydrogens is 355 g/mol. The molecule has 0 radical (unpaired) electrons. The molecule has 0 saturated heterocycles. The van der Waals surface area contributed by atoms with Crippen LogP contribution in [0.2, 0.25) is 0 Å². The van der Waals surface area contributed by atoms with Crippen molar-refractivity contribution < 1.29 is 18.1 Å². The summed E-state index contributed by atoms with van der Waals surface area (Å²) in [6.45, 7) is 0.591. The van der Waals surface area contributed by atoms with Crippen LogP contribution in [0.15, 0.2) is 41.8 Å². The van der Waals surface area contributed by atoms with Gasteiger partial charge in [0.1, 0.15) is 6.04 Å². The number of thiophene rings is 1. The van der Waals surface area contributed by atoms with Crippen LogP contribution in [0.1, 0.15) is 16.5 Å². The normalized spacial score (nSPS) is 12.9. The molecule has 130 valence electrons. The minimum Gasteiger partial charge on any atom is -0.356 e. The average Bonchev–Trinajstić information content (AvgIpc) is 3.00. The first kappa shape index (κ1) is 18.7. The van der Waals surface area contributed by atoms with Gasteiger partial charge >= 0.3 is 6.18 Å². The lowest BCUT2D eigenvalue weighted by molar-refractivity contribution is -0.890. The lowest BCUT2D eigenvalue weighted by Gasteiger charge is -2.21. The number of quaternary nitrogens is 1. The van der Waals surface area contributed by atoms with Crippen LogP contribution < -0.4 is 15.5 Å². The van der Waals surface area contributed by atoms with Crippen molar-refractivity contribution in [3.05, 3.63) is 52.2 Å². The fraction of sp³-hybridized carbons (Fsp3) is 0.312. The zero-order valence-electron chi connectivity index (χ0n) is 13.3. The molecule has 1 heterocycles. The van der Waals surface area contributed by atoms with Crippen LogP contribution in [-0.4, -0.2) is 25.8 Å². The van der Waals surface area contributed by atoms with E-state index in [1.54, 1.807) is 17.4 Å². The fourth-order valence-electron chi connectivity index (χ4n) is 2.22. The largest absolute Gasteiger partial charge is 0.416 e. The maximum Gasteiger partial charge on any atom is 0.416 e. The van der Waals surface area contributed by atoms with Gasteiger partial charge < -0.3 is 15.5 Å². The maximum absolute atomic E-state index is 12.7. The summed E-state index contributed by atoms with van der Waals surface area (Å²) < 4.78 is 38.2. The summed E-state index contributed by atoms with van der Waals surface area (Å²) in [6.07, 6.45) is -4.37. The van der Waals surface area contributed by atoms with Crippen molar-refractivity contribution in [2.24, 2.45) is 0 Å². The molecule has 0 amide bonds. The van der Waals surface area contributed by atoms with Crippen molar-refractivity contribution in [2.45, 2.75) is 12.2 Å². The lowest BCUT2D eigenvalue weighted by atomic mass is 10.2. The van der Waals surface area contributed by atoms with E-state index in [-0.39, 0.29) is 6.04 Å². The highest BCUT2D eigenvalue weighted by Crippen LogP contribution is 2.30. The van der Waals surface area contributed by atoms with E-state index in [1.807, 2.05) is 11.4 Å². The molecule has 0 aliphatic carbocycles. The molecule has 2 aromatic rings. The number of rotatable bonds is 5. The minimum absolute atomic E-state index is 0.214. The number of halogens is 3. The van der Waals surface area contributed by atoms with Crippen LogP contribution in [0.3, 0.4) is 0 Å². The Morgan fingerprint density at radius 3 is 2.58 bits per heavy atom. The zero-order chi connectivity index (χ0) is 17.7. The second-order valence-corrected chi connectivity index (χ2v) is 6.95. The van der Waals surface area contributed by atoms with Crippen molar-refractivity contribution in [1.29, 1.82) is 0 Å². The Morgan fingerprint density at radius 2 is 2.00 bits per heavy atom. The van der Waals surface area contributed by atoms with Gasteiger partial charge in [0, 0.05) is 5.69 Å². The average molecular weight is 374 g/mol. The Kier molecular flexibility index (Phi) is 6.20. The predicted molar refractivity (Wildman–Crippen MR) is 95.5 cm³/mol. The summed E-state index contributed by atoms with van der Waals surface area (Å²) in [7, 11) is 4.10. The Morgan fingerprint density at radius 1 is 1.25 bits per heavy atom. The van der Waals surface area contributed by atoms with Crippen LogP contribution in [0.5, 0.6) is 0 Å². The van der Waals surface area contributed by atoms with Gasteiger partial charge in [0.2, 0.25) is 0 Å². The maximum atomic E-state index is 12.7. The van der Waals surface area contributed by atoms with E-state index in [0.717, 1.165) is 12.1 Å². The van der Waals surface area contributed by atoms with E-state index in [9.17, 15) is 13.2 Å². The van der Waals surface area contributed by atoms with Crippen molar-refractivity contribution in [1.82, 2.24) is 5.32 Å². The van der Waals surface area contributed by atoms with Gasteiger partial charge in [-0.2, -0.15) is 13.2 Å². The number of likely N-dealkylation sites (N-methyl/N-ethyl adjacent to an activating group) is 1. The highest BCUT2D eigenvalue weighted by molar-refractivity contribution is 7.80. The molecule has 0 fully saturated rings. The molecule has 1 aromatic heterocycles. The summed E-state index contributed by atoms with van der Waals surface area (Å²) in [5.41, 5.74) is -0.392. The van der Waals surface area contributed by atoms with E-state index in [2.05, 4.69) is 30.8 Å². The van der Waals surface area contributed by atoms with Gasteiger partial charge in [0.05, 0.1) is 31.1 Å². The van der Waals surface area contributed by atoms with Crippen molar-refractivity contribution in [3.63, 3.8) is 0 Å². The Hall–Kier alpha value is -1.64. The van der Waals surface area contributed by atoms with Gasteiger partial charge in [-0.15, -0.1) is 11.3 Å². The molecule has 24 heavy (non-hydrogen) atoms. The molecule has 0 bridgehead atoms. The number of hydrogen-bond donors (Lipinski definition) is 3. The molecule has 0 saturated carbocycles. The van der Waals surface area contributed by atoms with Crippen molar-refractivity contribution >= 4 is 34.4 Å². The van der Waals surface area contributed by atoms with Crippen LogP contribution in [0.25, 0.3) is 0 Å². The Balaban J connectivity index is 1.96. The second kappa shape index (κ2) is 7.96. The third kappa shape index (κ3) is 5.19. The predicted octanol–water partition coefficient (Wildman–Crippen LogP) is 2.94. The lowest BCUT2D eigenvalue weighted by Crippen LogP contribution is -3.06. The topological polar surface area (TPSA) is 28.5 Å². The number of nitrogens with one attached hydrogen (secondary N) is 3. The second-order valence-electron chi connectivity index (χ2n) is 5.56. The first-order valence-electron chi connectivity index (χ1n) is 7.33. The van der Waals surface area contributed by atoms with Crippen LogP contribution in [0.4, 0.5) is 18.9 Å². The summed E-state index contributed by atoms with van der Waals surface area (Å²) in [6, 6.07) is 9.25. The van der Waals surface area contributed by atoms with Crippen LogP contribution in [0, 0.1) is 0 Å². The number of alkyl halides is 3. The highest BCUT2D eigenvalue weighted by atomic mass is 32.1. The molecule has 1 atom stereocenters. The Labute approximate surface area is 148 Å². The van der Waals surface area contributed by atoms with Gasteiger partial charge in [-0.1, -0.05) is 12.1 Å². The van der Waals surface area contributed by atoms with Crippen molar-refractivity contribution in [3.8, 4) is 0 Å². The SMILES string of the molecule is C[NH+](C)[C@H](CNC(=S)Nc1cccc(C(F)(F)F)c1)c1cccs1. The van der Waals surface area contributed by atoms with Gasteiger partial charge in [-0.3, -0.25) is 0 Å². The van der Waals surface area contributed by atoms with E-state index in [4.69, 9.17) is 12.2 Å². The van der Waals surface area contributed by atoms with E-state index >= 15 is 0 Å². The van der Waals surface area contributed by atoms with Gasteiger partial charge in [0.15, 0.2) is 5.11 Å². The fourth-order valence-corrected chi connectivity index (χ4v) is 3.38. The molecular formula is C16H19F3N3S2+. The quantitative estimate of drug-likeness (QED) is 0.703. The molecule has 1 aromatic carbocycles. The summed E-state index contributed by atoms with van der Waals surface area (Å²) in [4.78, 5) is 2.47. The first-order valence-corrected chi connectivity index (χ1v) is 8.61. The third-order valence-corrected chi connectivity index (χ3v) is 4.73. The summed E-state index contributed by atoms with van der Waals surface area (Å²) in [5, 5.41) is 8.21. The van der Waals surface area contributed by atoms with Gasteiger partial charge in [0.25, 0.3) is 0 Å². The van der Waals surface area contributed by atoms with Crippen LogP contribution in [-0.2, 0) is 6.18 Å². The minimum atomic E-state index is -4.37. The standard InChI is InChI=1S/C16H18F3N3S2/c1-22(2)13(14-7-4-8-24-14)10-20-15(23)21-12-6-3-5-11(9-12)16(17,18)19/h3-9,13H,10H2,1-2H3,(H2,20,21,23)/p+1/t13-/m1/s1. The van der Waals surface area contributed by atoms with E-state index in [1.165, 1.54) is 15.8 Å². The molecule has 0 aliphatic rings. The monoisotopic (exact) mass is 374 g/mol.